The number of hydrogen-bond donors (Lipinski definition) is 0. The zero-order valence-electron chi connectivity index (χ0n) is 67.2. The first-order chi connectivity index (χ1) is 61.5. The molecule has 0 atom stereocenters. The van der Waals surface area contributed by atoms with E-state index >= 15 is 0 Å². The summed E-state index contributed by atoms with van der Waals surface area (Å²) in [7, 11) is 0. The molecular weight excluding hydrogens is 1540 g/mol. The maximum atomic E-state index is 5.56. The van der Waals surface area contributed by atoms with Crippen LogP contribution in [0.4, 0.5) is 0 Å². The Hall–Kier alpha value is -15.4. The lowest BCUT2D eigenvalue weighted by atomic mass is 9.66. The summed E-state index contributed by atoms with van der Waals surface area (Å²) in [6.07, 6.45) is 0. The number of benzene rings is 18. The second kappa shape index (κ2) is 28.6. The van der Waals surface area contributed by atoms with Crippen molar-refractivity contribution in [2.45, 2.75) is 10.8 Å². The van der Waals surface area contributed by atoms with Crippen LogP contribution in [0.3, 0.4) is 0 Å². The standard InChI is InChI=1S/2C59H36N2S/c1-2-16-37(17-3-1)38-18-14-19-39(34-38)53-36-54(40-32-33-46-45-24-9-13-31-55(45)62-56(46)35-40)61-58(60-53)48-26-15-30-52-57(48)47-25-8-12-29-51(47)59(52)49-27-10-6-22-43(49)41-20-4-5-21-42(41)44-23-7-11-28-50(44)59;1-2-16-37(17-3-1)38-18-14-19-39(34-38)53-36-54(47-26-15-31-56-57(47)48-25-9-13-30-55(48)62-56)61-58(60-53)40-32-33-46-45-24-8-12-29-51(45)59(52(46)35-40)49-27-10-6-22-43(49)41-20-4-5-21-42(41)44-23-7-11-28-50(44)59/h2*1-36H. The molecule has 0 saturated heterocycles. The number of nitrogens with zero attached hydrogens (tertiary/aromatic N) is 4. The summed E-state index contributed by atoms with van der Waals surface area (Å²) in [5, 5.41) is 5.04. The Balaban J connectivity index is 0.000000136. The minimum atomic E-state index is -0.597. The van der Waals surface area contributed by atoms with Gasteiger partial charge in [0.25, 0.3) is 0 Å². The van der Waals surface area contributed by atoms with Gasteiger partial charge in [0, 0.05) is 73.7 Å². The third-order valence-electron chi connectivity index (χ3n) is 26.3. The highest BCUT2D eigenvalue weighted by Crippen LogP contribution is 2.65. The molecule has 0 aliphatic heterocycles. The Labute approximate surface area is 726 Å². The predicted octanol–water partition coefficient (Wildman–Crippen LogP) is 31.0. The molecule has 4 nitrogen and oxygen atoms in total. The van der Waals surface area contributed by atoms with E-state index in [1.165, 1.54) is 163 Å². The van der Waals surface area contributed by atoms with Gasteiger partial charge in [0.2, 0.25) is 0 Å². The first-order valence-corrected chi connectivity index (χ1v) is 44.1. The second-order valence-electron chi connectivity index (χ2n) is 32.8. The molecule has 18 aromatic carbocycles. The van der Waals surface area contributed by atoms with Gasteiger partial charge in [-0.15, -0.1) is 22.7 Å². The Kier molecular flexibility index (Phi) is 16.5. The fourth-order valence-corrected chi connectivity index (χ4v) is 23.3. The van der Waals surface area contributed by atoms with Crippen molar-refractivity contribution in [2.75, 3.05) is 0 Å². The summed E-state index contributed by atoms with van der Waals surface area (Å²) in [6, 6.07) is 160. The quantitative estimate of drug-likeness (QED) is 0.152. The van der Waals surface area contributed by atoms with Crippen LogP contribution in [0.25, 0.3) is 197 Å². The molecule has 4 aromatic heterocycles. The van der Waals surface area contributed by atoms with Crippen molar-refractivity contribution in [2.24, 2.45) is 0 Å². The van der Waals surface area contributed by atoms with Gasteiger partial charge < -0.3 is 0 Å². The van der Waals surface area contributed by atoms with Gasteiger partial charge in [0.05, 0.1) is 33.6 Å². The molecule has 2 spiro atoms. The van der Waals surface area contributed by atoms with E-state index in [1.807, 2.05) is 22.7 Å². The SMILES string of the molecule is c1ccc(-c2cccc(-c3cc(-c4ccc5c(c4)sc4ccccc45)nc(-c4cccc5c4-c4ccccc4C54c5ccccc5-c5ccccc5-c5ccccc54)n3)c2)cc1.c1ccc(-c2cccc(-c3cc(-c4cccc5sc6ccccc6c45)nc(-c4ccc5c(c4)C4(c6ccccc6-c6ccccc6-c6ccccc64)c4ccccc4-5)n3)c2)cc1. The van der Waals surface area contributed by atoms with E-state index in [2.05, 4.69) is 437 Å². The van der Waals surface area contributed by atoms with Crippen molar-refractivity contribution in [3.63, 3.8) is 0 Å². The largest absolute Gasteiger partial charge is 0.228 e. The van der Waals surface area contributed by atoms with Crippen LogP contribution in [0.5, 0.6) is 0 Å². The fourth-order valence-electron chi connectivity index (χ4n) is 21.0. The monoisotopic (exact) mass is 1610 g/mol. The molecule has 0 saturated carbocycles. The van der Waals surface area contributed by atoms with E-state index < -0.39 is 10.8 Å². The Bertz CT molecular complexity index is 8020. The van der Waals surface area contributed by atoms with Crippen LogP contribution in [-0.2, 0) is 10.8 Å². The lowest BCUT2D eigenvalue weighted by Gasteiger charge is -2.35. The van der Waals surface area contributed by atoms with Crippen molar-refractivity contribution in [1.29, 1.82) is 0 Å². The number of hydrogen-bond acceptors (Lipinski definition) is 6. The highest BCUT2D eigenvalue weighted by molar-refractivity contribution is 7.26. The van der Waals surface area contributed by atoms with Gasteiger partial charge in [0.15, 0.2) is 11.6 Å². The van der Waals surface area contributed by atoms with Crippen molar-refractivity contribution < 1.29 is 0 Å². The Morgan fingerprint density at radius 1 is 0.161 bits per heavy atom. The molecule has 0 radical (unpaired) electrons. The topological polar surface area (TPSA) is 51.6 Å². The summed E-state index contributed by atoms with van der Waals surface area (Å²) < 4.78 is 5.06. The van der Waals surface area contributed by atoms with Crippen LogP contribution in [0.1, 0.15) is 44.5 Å². The van der Waals surface area contributed by atoms with Gasteiger partial charge in [-0.3, -0.25) is 0 Å². The average molecular weight is 1610 g/mol. The van der Waals surface area contributed by atoms with Crippen LogP contribution in [-0.4, -0.2) is 19.9 Å². The van der Waals surface area contributed by atoms with Crippen LogP contribution < -0.4 is 0 Å². The van der Waals surface area contributed by atoms with E-state index in [1.54, 1.807) is 0 Å². The van der Waals surface area contributed by atoms with E-state index in [9.17, 15) is 0 Å². The molecule has 0 fully saturated rings. The fraction of sp³-hybridized carbons (Fsp3) is 0.0169. The Morgan fingerprint density at radius 3 is 1.04 bits per heavy atom. The smallest absolute Gasteiger partial charge is 0.161 e. The van der Waals surface area contributed by atoms with E-state index in [4.69, 9.17) is 19.9 Å². The van der Waals surface area contributed by atoms with E-state index in [0.717, 1.165) is 67.3 Å². The molecular formula is C118H72N4S2. The molecule has 26 rings (SSSR count). The molecule has 0 unspecified atom stereocenters. The highest BCUT2D eigenvalue weighted by Gasteiger charge is 2.52. The van der Waals surface area contributed by atoms with Crippen molar-refractivity contribution in [3.8, 4) is 157 Å². The molecule has 576 valence electrons. The number of fused-ring (bicyclic) bond motifs is 30. The third kappa shape index (κ3) is 11.0. The van der Waals surface area contributed by atoms with Gasteiger partial charge >= 0.3 is 0 Å². The molecule has 0 amide bonds. The van der Waals surface area contributed by atoms with Crippen LogP contribution in [0.2, 0.25) is 0 Å². The first kappa shape index (κ1) is 71.5. The van der Waals surface area contributed by atoms with Crippen molar-refractivity contribution in [1.82, 2.24) is 19.9 Å². The maximum Gasteiger partial charge on any atom is 0.161 e. The van der Waals surface area contributed by atoms with Gasteiger partial charge in [-0.25, -0.2) is 19.9 Å². The van der Waals surface area contributed by atoms with E-state index in [-0.39, 0.29) is 0 Å². The van der Waals surface area contributed by atoms with Gasteiger partial charge in [-0.2, -0.15) is 0 Å². The molecule has 0 bridgehead atoms. The molecule has 22 aromatic rings. The lowest BCUT2D eigenvalue weighted by molar-refractivity contribution is 0.775. The molecule has 124 heavy (non-hydrogen) atoms. The highest BCUT2D eigenvalue weighted by atomic mass is 32.1. The minimum Gasteiger partial charge on any atom is -0.228 e. The van der Waals surface area contributed by atoms with Crippen molar-refractivity contribution in [3.05, 3.63) is 481 Å². The second-order valence-corrected chi connectivity index (χ2v) is 34.9. The average Bonchev–Trinajstić information content (AvgIpc) is 1.52. The minimum absolute atomic E-state index is 0.592. The zero-order valence-corrected chi connectivity index (χ0v) is 68.8. The molecule has 4 aliphatic rings. The molecule has 0 N–H and O–H groups in total. The van der Waals surface area contributed by atoms with Gasteiger partial charge in [-0.05, 0) is 188 Å². The van der Waals surface area contributed by atoms with Crippen LogP contribution in [0, 0.1) is 0 Å². The number of thiophene rings is 2. The van der Waals surface area contributed by atoms with Crippen LogP contribution in [0.15, 0.2) is 437 Å². The zero-order chi connectivity index (χ0) is 81.6. The normalized spacial score (nSPS) is 13.0. The predicted molar refractivity (Wildman–Crippen MR) is 517 cm³/mol. The number of aromatic nitrogens is 4. The van der Waals surface area contributed by atoms with Crippen LogP contribution >= 0.6 is 22.7 Å². The van der Waals surface area contributed by atoms with Gasteiger partial charge in [-0.1, -0.05) is 382 Å². The third-order valence-corrected chi connectivity index (χ3v) is 28.6. The molecule has 4 heterocycles. The summed E-state index contributed by atoms with van der Waals surface area (Å²) in [4.78, 5) is 22.2. The van der Waals surface area contributed by atoms with Gasteiger partial charge in [0.1, 0.15) is 0 Å². The van der Waals surface area contributed by atoms with Crippen molar-refractivity contribution >= 4 is 63.0 Å². The lowest BCUT2D eigenvalue weighted by Crippen LogP contribution is -2.29. The summed E-state index contributed by atoms with van der Waals surface area (Å²) in [5.41, 5.74) is 38.4. The molecule has 4 aliphatic carbocycles. The summed E-state index contributed by atoms with van der Waals surface area (Å²) in [5.74, 6) is 1.41. The Morgan fingerprint density at radius 2 is 0.492 bits per heavy atom. The number of rotatable bonds is 8. The molecule has 6 heteroatoms. The van der Waals surface area contributed by atoms with E-state index in [0.29, 0.717) is 11.6 Å². The summed E-state index contributed by atoms with van der Waals surface area (Å²) in [6.45, 7) is 0. The maximum absolute atomic E-state index is 5.56. The summed E-state index contributed by atoms with van der Waals surface area (Å²) >= 11 is 3.67. The first-order valence-electron chi connectivity index (χ1n) is 42.5.